The Morgan fingerprint density at radius 3 is 2.90 bits per heavy atom. The number of nitrogens with zero attached hydrogens (tertiary/aromatic N) is 2. The average molecular weight is 285 g/mol. The highest BCUT2D eigenvalue weighted by Gasteiger charge is 2.04. The third-order valence-electron chi connectivity index (χ3n) is 3.30. The molecule has 2 heterocycles. The molecule has 0 radical (unpaired) electrons. The molecular weight excluding hydrogens is 266 g/mol. The van der Waals surface area contributed by atoms with Gasteiger partial charge in [-0.1, -0.05) is 19.1 Å². The molecule has 3 aromatic rings. The first kappa shape index (κ1) is 13.3. The second-order valence-electron chi connectivity index (χ2n) is 4.91. The van der Waals surface area contributed by atoms with Crippen LogP contribution in [0.3, 0.4) is 0 Å². The van der Waals surface area contributed by atoms with Gasteiger partial charge in [-0.3, -0.25) is 0 Å². The van der Waals surface area contributed by atoms with E-state index in [0.717, 1.165) is 25.2 Å². The van der Waals surface area contributed by atoms with E-state index < -0.39 is 0 Å². The Morgan fingerprint density at radius 2 is 2.00 bits per heavy atom. The second kappa shape index (κ2) is 6.20. The van der Waals surface area contributed by atoms with Gasteiger partial charge in [0.05, 0.1) is 23.9 Å². The quantitative estimate of drug-likeness (QED) is 0.701. The predicted octanol–water partition coefficient (Wildman–Crippen LogP) is 3.65. The molecule has 0 aliphatic rings. The van der Waals surface area contributed by atoms with Gasteiger partial charge in [0.25, 0.3) is 0 Å². The number of hydrogen-bond acceptors (Lipinski definition) is 3. The molecule has 20 heavy (non-hydrogen) atoms. The van der Waals surface area contributed by atoms with Crippen LogP contribution in [-0.4, -0.2) is 16.1 Å². The molecule has 0 amide bonds. The zero-order valence-electron chi connectivity index (χ0n) is 11.7. The fourth-order valence-corrected chi connectivity index (χ4v) is 3.28. The number of benzene rings is 1. The summed E-state index contributed by atoms with van der Waals surface area (Å²) in [5, 5.41) is 3.44. The van der Waals surface area contributed by atoms with Crippen LogP contribution in [0.4, 0.5) is 0 Å². The van der Waals surface area contributed by atoms with Crippen molar-refractivity contribution in [2.75, 3.05) is 6.54 Å². The molecule has 4 heteroatoms. The van der Waals surface area contributed by atoms with Gasteiger partial charge in [0, 0.05) is 16.3 Å². The average Bonchev–Trinajstić information content (AvgIpc) is 3.08. The highest BCUT2D eigenvalue weighted by molar-refractivity contribution is 7.11. The number of nitrogens with one attached hydrogen (secondary N) is 1. The molecule has 0 saturated heterocycles. The number of fused-ring (bicyclic) bond motifs is 1. The number of para-hydroxylation sites is 2. The van der Waals surface area contributed by atoms with Crippen LogP contribution in [0.5, 0.6) is 0 Å². The minimum atomic E-state index is 0.902. The first-order chi connectivity index (χ1) is 9.86. The molecule has 2 aromatic heterocycles. The van der Waals surface area contributed by atoms with Crippen LogP contribution in [0.1, 0.15) is 23.1 Å². The summed E-state index contributed by atoms with van der Waals surface area (Å²) < 4.78 is 2.21. The maximum atomic E-state index is 4.44. The van der Waals surface area contributed by atoms with Gasteiger partial charge in [-0.25, -0.2) is 4.98 Å². The van der Waals surface area contributed by atoms with Crippen molar-refractivity contribution in [1.82, 2.24) is 14.9 Å². The van der Waals surface area contributed by atoms with E-state index >= 15 is 0 Å². The molecule has 0 spiro atoms. The van der Waals surface area contributed by atoms with Crippen LogP contribution in [0.15, 0.2) is 42.7 Å². The van der Waals surface area contributed by atoms with Crippen LogP contribution < -0.4 is 5.32 Å². The van der Waals surface area contributed by atoms with E-state index in [-0.39, 0.29) is 0 Å². The Balaban J connectivity index is 1.71. The van der Waals surface area contributed by atoms with E-state index in [2.05, 4.69) is 52.1 Å². The molecule has 104 valence electrons. The fourth-order valence-electron chi connectivity index (χ4n) is 2.29. The van der Waals surface area contributed by atoms with E-state index in [1.165, 1.54) is 21.7 Å². The van der Waals surface area contributed by atoms with Crippen LogP contribution in [0, 0.1) is 0 Å². The maximum absolute atomic E-state index is 4.44. The molecule has 0 unspecified atom stereocenters. The lowest BCUT2D eigenvalue weighted by Gasteiger charge is -2.02. The number of hydrogen-bond donors (Lipinski definition) is 1. The van der Waals surface area contributed by atoms with Crippen molar-refractivity contribution >= 4 is 22.4 Å². The molecule has 0 aliphatic carbocycles. The van der Waals surface area contributed by atoms with Crippen molar-refractivity contribution in [3.63, 3.8) is 0 Å². The van der Waals surface area contributed by atoms with Gasteiger partial charge >= 0.3 is 0 Å². The van der Waals surface area contributed by atoms with E-state index in [9.17, 15) is 0 Å². The Hall–Kier alpha value is -1.65. The van der Waals surface area contributed by atoms with Gasteiger partial charge in [0.1, 0.15) is 0 Å². The summed E-state index contributed by atoms with van der Waals surface area (Å²) in [6, 6.07) is 12.7. The molecule has 1 N–H and O–H groups in total. The molecule has 0 bridgehead atoms. The number of thiophene rings is 1. The van der Waals surface area contributed by atoms with Gasteiger partial charge in [0.15, 0.2) is 0 Å². The summed E-state index contributed by atoms with van der Waals surface area (Å²) in [5.74, 6) is 0. The molecule has 1 aromatic carbocycles. The largest absolute Gasteiger partial charge is 0.325 e. The molecule has 0 fully saturated rings. The Morgan fingerprint density at radius 1 is 1.15 bits per heavy atom. The molecule has 0 aliphatic heterocycles. The van der Waals surface area contributed by atoms with Gasteiger partial charge in [0.2, 0.25) is 0 Å². The Bertz CT molecular complexity index is 684. The third-order valence-corrected chi connectivity index (χ3v) is 4.37. The van der Waals surface area contributed by atoms with Crippen LogP contribution in [0.2, 0.25) is 0 Å². The topological polar surface area (TPSA) is 29.9 Å². The summed E-state index contributed by atoms with van der Waals surface area (Å²) in [6.45, 7) is 5.15. The highest BCUT2D eigenvalue weighted by atomic mass is 32.1. The lowest BCUT2D eigenvalue weighted by molar-refractivity contribution is 0.681. The van der Waals surface area contributed by atoms with Gasteiger partial charge in [-0.2, -0.15) is 0 Å². The van der Waals surface area contributed by atoms with Crippen LogP contribution >= 0.6 is 11.3 Å². The monoisotopic (exact) mass is 285 g/mol. The fraction of sp³-hybridized carbons (Fsp3) is 0.312. The van der Waals surface area contributed by atoms with Gasteiger partial charge in [-0.15, -0.1) is 11.3 Å². The van der Waals surface area contributed by atoms with Crippen molar-refractivity contribution < 1.29 is 0 Å². The van der Waals surface area contributed by atoms with E-state index in [4.69, 9.17) is 0 Å². The minimum absolute atomic E-state index is 0.902. The smallest absolute Gasteiger partial charge is 0.0961 e. The summed E-state index contributed by atoms with van der Waals surface area (Å²) in [5.41, 5.74) is 2.26. The summed E-state index contributed by atoms with van der Waals surface area (Å²) in [6.07, 6.45) is 3.11. The standard InChI is InChI=1S/C16H19N3S/c1-2-9-17-10-13-7-8-14(20-13)11-19-12-18-15-5-3-4-6-16(15)19/h3-8,12,17H,2,9-11H2,1H3. The van der Waals surface area contributed by atoms with Crippen molar-refractivity contribution in [3.8, 4) is 0 Å². The van der Waals surface area contributed by atoms with Gasteiger partial charge in [-0.05, 0) is 37.2 Å². The van der Waals surface area contributed by atoms with Gasteiger partial charge < -0.3 is 9.88 Å². The summed E-state index contributed by atoms with van der Waals surface area (Å²) in [7, 11) is 0. The number of imidazole rings is 1. The molecule has 0 saturated carbocycles. The molecule has 0 atom stereocenters. The predicted molar refractivity (Wildman–Crippen MR) is 85.2 cm³/mol. The Kier molecular flexibility index (Phi) is 4.14. The lowest BCUT2D eigenvalue weighted by Crippen LogP contribution is -2.12. The second-order valence-corrected chi connectivity index (χ2v) is 6.16. The normalized spacial score (nSPS) is 11.2. The Labute approximate surface area is 123 Å². The van der Waals surface area contributed by atoms with Crippen molar-refractivity contribution in [2.45, 2.75) is 26.4 Å². The first-order valence-electron chi connectivity index (χ1n) is 7.05. The summed E-state index contributed by atoms with van der Waals surface area (Å²) in [4.78, 5) is 7.21. The van der Waals surface area contributed by atoms with E-state index in [0.29, 0.717) is 0 Å². The van der Waals surface area contributed by atoms with Crippen molar-refractivity contribution in [1.29, 1.82) is 0 Å². The van der Waals surface area contributed by atoms with Crippen LogP contribution in [0.25, 0.3) is 11.0 Å². The number of aromatic nitrogens is 2. The lowest BCUT2D eigenvalue weighted by atomic mass is 10.3. The van der Waals surface area contributed by atoms with Crippen molar-refractivity contribution in [3.05, 3.63) is 52.5 Å². The maximum Gasteiger partial charge on any atom is 0.0961 e. The van der Waals surface area contributed by atoms with Crippen LogP contribution in [-0.2, 0) is 13.1 Å². The number of rotatable bonds is 6. The third kappa shape index (κ3) is 2.92. The zero-order chi connectivity index (χ0) is 13.8. The minimum Gasteiger partial charge on any atom is -0.325 e. The molecule has 3 nitrogen and oxygen atoms in total. The van der Waals surface area contributed by atoms with E-state index in [1.54, 1.807) is 0 Å². The summed E-state index contributed by atoms with van der Waals surface area (Å²) >= 11 is 1.88. The van der Waals surface area contributed by atoms with Crippen molar-refractivity contribution in [2.24, 2.45) is 0 Å². The van der Waals surface area contributed by atoms with E-state index in [1.807, 2.05) is 23.7 Å². The SMILES string of the molecule is CCCNCc1ccc(Cn2cnc3ccccc32)s1. The molecular formula is C16H19N3S. The highest BCUT2D eigenvalue weighted by Crippen LogP contribution is 2.20. The zero-order valence-corrected chi connectivity index (χ0v) is 12.5. The molecule has 3 rings (SSSR count). The first-order valence-corrected chi connectivity index (χ1v) is 7.86.